The van der Waals surface area contributed by atoms with Crippen molar-refractivity contribution >= 4 is 0 Å². The van der Waals surface area contributed by atoms with Crippen LogP contribution in [0.1, 0.15) is 45.6 Å². The second-order valence-corrected chi connectivity index (χ2v) is 6.01. The van der Waals surface area contributed by atoms with Gasteiger partial charge in [0.1, 0.15) is 0 Å². The lowest BCUT2D eigenvalue weighted by Gasteiger charge is -2.47. The van der Waals surface area contributed by atoms with Gasteiger partial charge >= 0.3 is 0 Å². The molecule has 1 aliphatic heterocycles. The molecule has 1 saturated heterocycles. The minimum Gasteiger partial charge on any atom is -0.308 e. The Morgan fingerprint density at radius 1 is 1.25 bits per heavy atom. The molecule has 0 saturated carbocycles. The summed E-state index contributed by atoms with van der Waals surface area (Å²) in [6.45, 7) is 10.4. The van der Waals surface area contributed by atoms with Gasteiger partial charge in [-0.15, -0.1) is 0 Å². The minimum atomic E-state index is 0.323. The zero-order valence-corrected chi connectivity index (χ0v) is 13.2. The van der Waals surface area contributed by atoms with Crippen molar-refractivity contribution in [1.29, 1.82) is 0 Å². The molecule has 1 N–H and O–H groups in total. The van der Waals surface area contributed by atoms with Crippen LogP contribution >= 0.6 is 0 Å². The fraction of sp³-hybridized carbons (Fsp3) is 0.706. The summed E-state index contributed by atoms with van der Waals surface area (Å²) < 4.78 is 0. The van der Waals surface area contributed by atoms with Crippen LogP contribution in [0.15, 0.2) is 24.5 Å². The lowest BCUT2D eigenvalue weighted by Crippen LogP contribution is -2.63. The van der Waals surface area contributed by atoms with E-state index >= 15 is 0 Å². The number of hydrogen-bond acceptors (Lipinski definition) is 3. The molecule has 2 heterocycles. The van der Waals surface area contributed by atoms with Crippen LogP contribution in [0.4, 0.5) is 0 Å². The summed E-state index contributed by atoms with van der Waals surface area (Å²) in [5, 5.41) is 3.81. The maximum absolute atomic E-state index is 4.10. The van der Waals surface area contributed by atoms with Gasteiger partial charge in [0.15, 0.2) is 0 Å². The monoisotopic (exact) mass is 275 g/mol. The Balaban J connectivity index is 1.98. The Morgan fingerprint density at radius 3 is 2.55 bits per heavy atom. The summed E-state index contributed by atoms with van der Waals surface area (Å²) in [4.78, 5) is 6.80. The van der Waals surface area contributed by atoms with Gasteiger partial charge < -0.3 is 5.32 Å². The fourth-order valence-corrected chi connectivity index (χ4v) is 3.25. The molecule has 1 unspecified atom stereocenters. The predicted octanol–water partition coefficient (Wildman–Crippen LogP) is 2.87. The Hall–Kier alpha value is -0.930. The van der Waals surface area contributed by atoms with Crippen LogP contribution in [-0.2, 0) is 6.42 Å². The number of piperazine rings is 1. The average molecular weight is 275 g/mol. The van der Waals surface area contributed by atoms with E-state index in [1.807, 2.05) is 12.4 Å². The van der Waals surface area contributed by atoms with Gasteiger partial charge in [-0.1, -0.05) is 20.8 Å². The number of pyridine rings is 1. The quantitative estimate of drug-likeness (QED) is 0.865. The lowest BCUT2D eigenvalue weighted by atomic mass is 9.88. The third-order valence-electron chi connectivity index (χ3n) is 5.00. The van der Waals surface area contributed by atoms with Gasteiger partial charge in [0.2, 0.25) is 0 Å². The van der Waals surface area contributed by atoms with E-state index in [0.717, 1.165) is 19.5 Å². The van der Waals surface area contributed by atoms with E-state index in [1.165, 1.54) is 31.4 Å². The molecule has 1 atom stereocenters. The topological polar surface area (TPSA) is 28.2 Å². The van der Waals surface area contributed by atoms with E-state index < -0.39 is 0 Å². The molecule has 20 heavy (non-hydrogen) atoms. The summed E-state index contributed by atoms with van der Waals surface area (Å²) >= 11 is 0. The molecule has 3 nitrogen and oxygen atoms in total. The predicted molar refractivity (Wildman–Crippen MR) is 84.9 cm³/mol. The summed E-state index contributed by atoms with van der Waals surface area (Å²) in [5.41, 5.74) is 1.72. The van der Waals surface area contributed by atoms with Gasteiger partial charge in [0.25, 0.3) is 0 Å². The number of aromatic nitrogens is 1. The van der Waals surface area contributed by atoms with Crippen LogP contribution in [0.2, 0.25) is 0 Å². The Morgan fingerprint density at radius 2 is 1.95 bits per heavy atom. The highest BCUT2D eigenvalue weighted by atomic mass is 15.2. The first kappa shape index (κ1) is 15.5. The van der Waals surface area contributed by atoms with Crippen LogP contribution in [-0.4, -0.2) is 41.1 Å². The van der Waals surface area contributed by atoms with Crippen LogP contribution in [0.25, 0.3) is 0 Å². The van der Waals surface area contributed by atoms with Crippen molar-refractivity contribution in [2.45, 2.75) is 58.0 Å². The molecule has 1 fully saturated rings. The summed E-state index contributed by atoms with van der Waals surface area (Å²) in [5.74, 6) is 0. The normalized spacial score (nSPS) is 22.9. The first-order valence-electron chi connectivity index (χ1n) is 8.11. The molecule has 0 aromatic carbocycles. The molecule has 3 heteroatoms. The summed E-state index contributed by atoms with van der Waals surface area (Å²) in [6.07, 6.45) is 8.58. The first-order valence-corrected chi connectivity index (χ1v) is 8.11. The van der Waals surface area contributed by atoms with Crippen LogP contribution < -0.4 is 5.32 Å². The van der Waals surface area contributed by atoms with Crippen LogP contribution in [0, 0.1) is 0 Å². The van der Waals surface area contributed by atoms with E-state index in [4.69, 9.17) is 0 Å². The highest BCUT2D eigenvalue weighted by Gasteiger charge is 2.35. The maximum Gasteiger partial charge on any atom is 0.0304 e. The van der Waals surface area contributed by atoms with Crippen LogP contribution in [0.3, 0.4) is 0 Å². The third-order valence-corrected chi connectivity index (χ3v) is 5.00. The van der Waals surface area contributed by atoms with Gasteiger partial charge in [-0.3, -0.25) is 9.88 Å². The Kier molecular flexibility index (Phi) is 5.55. The van der Waals surface area contributed by atoms with Gasteiger partial charge in [-0.25, -0.2) is 0 Å². The Labute approximate surface area is 123 Å². The van der Waals surface area contributed by atoms with Gasteiger partial charge in [0, 0.05) is 43.6 Å². The molecule has 1 aromatic rings. The SMILES string of the molecule is CCC1CNC(CC)(CC)CN1CCc1ccncc1. The molecule has 0 spiro atoms. The largest absolute Gasteiger partial charge is 0.308 e. The average Bonchev–Trinajstić information content (AvgIpc) is 2.53. The Bertz CT molecular complexity index is 386. The number of rotatable bonds is 6. The molecule has 0 radical (unpaired) electrons. The van der Waals surface area contributed by atoms with E-state index in [1.54, 1.807) is 0 Å². The molecular formula is C17H29N3. The van der Waals surface area contributed by atoms with Gasteiger partial charge in [-0.05, 0) is 43.4 Å². The summed E-state index contributed by atoms with van der Waals surface area (Å²) in [6, 6.07) is 4.95. The van der Waals surface area contributed by atoms with Crippen molar-refractivity contribution in [3.8, 4) is 0 Å². The summed E-state index contributed by atoms with van der Waals surface area (Å²) in [7, 11) is 0. The standard InChI is InChI=1S/C17H29N3/c1-4-16-13-19-17(5-2,6-3)14-20(16)12-9-15-7-10-18-11-8-15/h7-8,10-11,16,19H,4-6,9,12-14H2,1-3H3. The van der Waals surface area contributed by atoms with Crippen molar-refractivity contribution in [2.75, 3.05) is 19.6 Å². The van der Waals surface area contributed by atoms with Crippen molar-refractivity contribution in [3.05, 3.63) is 30.1 Å². The number of nitrogens with one attached hydrogen (secondary N) is 1. The van der Waals surface area contributed by atoms with Crippen molar-refractivity contribution in [3.63, 3.8) is 0 Å². The highest BCUT2D eigenvalue weighted by molar-refractivity contribution is 5.10. The molecule has 1 aromatic heterocycles. The molecule has 112 valence electrons. The first-order chi connectivity index (χ1) is 9.73. The van der Waals surface area contributed by atoms with Crippen molar-refractivity contribution in [2.24, 2.45) is 0 Å². The maximum atomic E-state index is 4.10. The molecule has 0 bridgehead atoms. The van der Waals surface area contributed by atoms with Crippen molar-refractivity contribution < 1.29 is 0 Å². The second-order valence-electron chi connectivity index (χ2n) is 6.01. The number of nitrogens with zero attached hydrogens (tertiary/aromatic N) is 2. The third kappa shape index (κ3) is 3.58. The molecule has 0 aliphatic carbocycles. The van der Waals surface area contributed by atoms with E-state index in [-0.39, 0.29) is 0 Å². The highest BCUT2D eigenvalue weighted by Crippen LogP contribution is 2.24. The molecular weight excluding hydrogens is 246 g/mol. The van der Waals surface area contributed by atoms with E-state index in [9.17, 15) is 0 Å². The smallest absolute Gasteiger partial charge is 0.0304 e. The minimum absolute atomic E-state index is 0.323. The number of hydrogen-bond donors (Lipinski definition) is 1. The van der Waals surface area contributed by atoms with Crippen molar-refractivity contribution in [1.82, 2.24) is 15.2 Å². The second kappa shape index (κ2) is 7.19. The van der Waals surface area contributed by atoms with E-state index in [2.05, 4.69) is 48.1 Å². The van der Waals surface area contributed by atoms with Gasteiger partial charge in [0.05, 0.1) is 0 Å². The van der Waals surface area contributed by atoms with Gasteiger partial charge in [-0.2, -0.15) is 0 Å². The fourth-order valence-electron chi connectivity index (χ4n) is 3.25. The zero-order valence-electron chi connectivity index (χ0n) is 13.2. The molecule has 2 rings (SSSR count). The van der Waals surface area contributed by atoms with Crippen LogP contribution in [0.5, 0.6) is 0 Å². The molecule has 1 aliphatic rings. The van der Waals surface area contributed by atoms with E-state index in [0.29, 0.717) is 11.6 Å². The lowest BCUT2D eigenvalue weighted by molar-refractivity contribution is 0.0716. The molecule has 0 amide bonds. The zero-order chi connectivity index (χ0) is 14.4.